The number of hydrogen-bond acceptors (Lipinski definition) is 0. The molecule has 1 aromatic carbocycles. The summed E-state index contributed by atoms with van der Waals surface area (Å²) in [6.07, 6.45) is 1.13. The third-order valence-electron chi connectivity index (χ3n) is 2.96. The number of rotatable bonds is 2. The van der Waals surface area contributed by atoms with Gasteiger partial charge in [-0.25, -0.2) is 0 Å². The molecular weight excluding hydrogens is 180 g/mol. The van der Waals surface area contributed by atoms with Crippen LogP contribution < -0.4 is 0 Å². The van der Waals surface area contributed by atoms with Gasteiger partial charge in [0.25, 0.3) is 0 Å². The minimum Gasteiger partial charge on any atom is -0.0613 e. The molecule has 1 rings (SSSR count). The van der Waals surface area contributed by atoms with E-state index in [1.54, 1.807) is 0 Å². The Labute approximate surface area is 94.7 Å². The molecule has 0 unspecified atom stereocenters. The minimum atomic E-state index is 0.259. The number of benzene rings is 1. The summed E-state index contributed by atoms with van der Waals surface area (Å²) >= 11 is 0. The summed E-state index contributed by atoms with van der Waals surface area (Å²) in [5.74, 6) is 0.623. The van der Waals surface area contributed by atoms with E-state index >= 15 is 0 Å². The Bertz CT molecular complexity index is 326. The van der Waals surface area contributed by atoms with Crippen LogP contribution in [-0.4, -0.2) is 0 Å². The van der Waals surface area contributed by atoms with Crippen molar-refractivity contribution in [1.82, 2.24) is 0 Å². The van der Waals surface area contributed by atoms with Gasteiger partial charge in [0.15, 0.2) is 0 Å². The van der Waals surface area contributed by atoms with Gasteiger partial charge in [-0.05, 0) is 34.4 Å². The van der Waals surface area contributed by atoms with Crippen LogP contribution in [-0.2, 0) is 11.8 Å². The zero-order valence-corrected chi connectivity index (χ0v) is 11.0. The van der Waals surface area contributed by atoms with Crippen molar-refractivity contribution in [3.8, 4) is 0 Å². The molecule has 0 aliphatic carbocycles. The first-order valence-electron chi connectivity index (χ1n) is 5.99. The largest absolute Gasteiger partial charge is 0.0613 e. The van der Waals surface area contributed by atoms with Crippen LogP contribution in [0.1, 0.15) is 64.2 Å². The molecule has 0 aromatic heterocycles. The van der Waals surface area contributed by atoms with Crippen molar-refractivity contribution in [2.24, 2.45) is 0 Å². The second-order valence-electron chi connectivity index (χ2n) is 5.72. The monoisotopic (exact) mass is 204 g/mol. The van der Waals surface area contributed by atoms with Gasteiger partial charge in [0.1, 0.15) is 0 Å². The van der Waals surface area contributed by atoms with E-state index in [4.69, 9.17) is 0 Å². The third-order valence-corrected chi connectivity index (χ3v) is 2.96. The first-order valence-corrected chi connectivity index (χ1v) is 5.99. The van der Waals surface area contributed by atoms with Crippen molar-refractivity contribution in [1.29, 1.82) is 0 Å². The Balaban J connectivity index is 3.23. The maximum Gasteiger partial charge on any atom is -0.0132 e. The summed E-state index contributed by atoms with van der Waals surface area (Å²) in [4.78, 5) is 0. The maximum atomic E-state index is 2.36. The zero-order valence-electron chi connectivity index (χ0n) is 11.0. The van der Waals surface area contributed by atoms with Gasteiger partial charge in [0.05, 0.1) is 0 Å². The van der Waals surface area contributed by atoms with Crippen molar-refractivity contribution in [2.75, 3.05) is 0 Å². The molecule has 0 heterocycles. The topological polar surface area (TPSA) is 0 Å². The molecule has 0 saturated heterocycles. The molecular formula is C15H24. The summed E-state index contributed by atoms with van der Waals surface area (Å²) in [5, 5.41) is 0. The van der Waals surface area contributed by atoms with Gasteiger partial charge in [-0.2, -0.15) is 0 Å². The predicted octanol–water partition coefficient (Wildman–Crippen LogP) is 4.67. The lowest BCUT2D eigenvalue weighted by Gasteiger charge is -2.22. The van der Waals surface area contributed by atoms with Crippen LogP contribution in [0.25, 0.3) is 0 Å². The summed E-state index contributed by atoms with van der Waals surface area (Å²) < 4.78 is 0. The fourth-order valence-corrected chi connectivity index (χ4v) is 1.69. The van der Waals surface area contributed by atoms with Crippen molar-refractivity contribution in [2.45, 2.75) is 59.3 Å². The summed E-state index contributed by atoms with van der Waals surface area (Å²) in [5.41, 5.74) is 4.66. The number of hydrogen-bond donors (Lipinski definition) is 0. The Kier molecular flexibility index (Phi) is 3.59. The highest BCUT2D eigenvalue weighted by Gasteiger charge is 2.15. The lowest BCUT2D eigenvalue weighted by Crippen LogP contribution is -2.12. The quantitative estimate of drug-likeness (QED) is 0.656. The summed E-state index contributed by atoms with van der Waals surface area (Å²) in [6, 6.07) is 7.07. The van der Waals surface area contributed by atoms with Crippen LogP contribution >= 0.6 is 0 Å². The molecule has 15 heavy (non-hydrogen) atoms. The van der Waals surface area contributed by atoms with Gasteiger partial charge in [-0.15, -0.1) is 0 Å². The van der Waals surface area contributed by atoms with E-state index in [2.05, 4.69) is 59.7 Å². The SMILES string of the molecule is CCc1cc(C(C)C)cc(C(C)(C)C)c1. The standard InChI is InChI=1S/C15H24/c1-7-12-8-13(11(2)3)10-14(9-12)15(4,5)6/h8-11H,7H2,1-6H3. The fraction of sp³-hybridized carbons (Fsp3) is 0.600. The van der Waals surface area contributed by atoms with E-state index in [1.807, 2.05) is 0 Å². The highest BCUT2D eigenvalue weighted by molar-refractivity contribution is 5.35. The first kappa shape index (κ1) is 12.3. The summed E-state index contributed by atoms with van der Waals surface area (Å²) in [7, 11) is 0. The number of aryl methyl sites for hydroxylation is 1. The molecule has 0 aliphatic heterocycles. The molecule has 0 saturated carbocycles. The third kappa shape index (κ3) is 3.09. The molecule has 0 radical (unpaired) electrons. The van der Waals surface area contributed by atoms with Crippen LogP contribution in [0.3, 0.4) is 0 Å². The highest BCUT2D eigenvalue weighted by Crippen LogP contribution is 2.27. The van der Waals surface area contributed by atoms with E-state index < -0.39 is 0 Å². The van der Waals surface area contributed by atoms with Crippen molar-refractivity contribution in [3.05, 3.63) is 34.9 Å². The van der Waals surface area contributed by atoms with E-state index in [9.17, 15) is 0 Å². The predicted molar refractivity (Wildman–Crippen MR) is 68.6 cm³/mol. The van der Waals surface area contributed by atoms with Crippen molar-refractivity contribution < 1.29 is 0 Å². The fourth-order valence-electron chi connectivity index (χ4n) is 1.69. The van der Waals surface area contributed by atoms with Crippen molar-refractivity contribution >= 4 is 0 Å². The Hall–Kier alpha value is -0.780. The Morgan fingerprint density at radius 3 is 2.07 bits per heavy atom. The molecule has 0 bridgehead atoms. The molecule has 0 heteroatoms. The molecule has 0 atom stereocenters. The lowest BCUT2D eigenvalue weighted by atomic mass is 9.83. The highest BCUT2D eigenvalue weighted by atomic mass is 14.2. The molecule has 0 fully saturated rings. The molecule has 84 valence electrons. The van der Waals surface area contributed by atoms with Crippen LogP contribution in [0.4, 0.5) is 0 Å². The van der Waals surface area contributed by atoms with Crippen LogP contribution in [0.15, 0.2) is 18.2 Å². The zero-order chi connectivity index (χ0) is 11.6. The van der Waals surface area contributed by atoms with Gasteiger partial charge in [0, 0.05) is 0 Å². The van der Waals surface area contributed by atoms with Gasteiger partial charge < -0.3 is 0 Å². The first-order chi connectivity index (χ1) is 6.84. The van der Waals surface area contributed by atoms with E-state index in [0.29, 0.717) is 5.92 Å². The van der Waals surface area contributed by atoms with E-state index in [-0.39, 0.29) is 5.41 Å². The molecule has 0 aliphatic rings. The van der Waals surface area contributed by atoms with Gasteiger partial charge in [-0.3, -0.25) is 0 Å². The molecule has 1 aromatic rings. The molecule has 0 spiro atoms. The Morgan fingerprint density at radius 1 is 1.07 bits per heavy atom. The Morgan fingerprint density at radius 2 is 1.67 bits per heavy atom. The molecule has 0 N–H and O–H groups in total. The average molecular weight is 204 g/mol. The lowest BCUT2D eigenvalue weighted by molar-refractivity contribution is 0.587. The second-order valence-corrected chi connectivity index (χ2v) is 5.72. The minimum absolute atomic E-state index is 0.259. The van der Waals surface area contributed by atoms with E-state index in [0.717, 1.165) is 6.42 Å². The smallest absolute Gasteiger partial charge is 0.0132 e. The maximum absolute atomic E-state index is 2.36. The van der Waals surface area contributed by atoms with Gasteiger partial charge in [0.2, 0.25) is 0 Å². The van der Waals surface area contributed by atoms with Gasteiger partial charge >= 0.3 is 0 Å². The van der Waals surface area contributed by atoms with Crippen LogP contribution in [0.5, 0.6) is 0 Å². The van der Waals surface area contributed by atoms with Gasteiger partial charge in [-0.1, -0.05) is 59.7 Å². The summed E-state index contributed by atoms with van der Waals surface area (Å²) in [6.45, 7) is 13.6. The van der Waals surface area contributed by atoms with Crippen LogP contribution in [0, 0.1) is 0 Å². The van der Waals surface area contributed by atoms with Crippen molar-refractivity contribution in [3.63, 3.8) is 0 Å². The second kappa shape index (κ2) is 4.38. The molecule has 0 amide bonds. The van der Waals surface area contributed by atoms with E-state index in [1.165, 1.54) is 16.7 Å². The average Bonchev–Trinajstić information content (AvgIpc) is 2.15. The van der Waals surface area contributed by atoms with Crippen LogP contribution in [0.2, 0.25) is 0 Å². The normalized spacial score (nSPS) is 12.2. The molecule has 0 nitrogen and oxygen atoms in total.